The highest BCUT2D eigenvalue weighted by molar-refractivity contribution is 9.10. The van der Waals surface area contributed by atoms with Gasteiger partial charge in [-0.05, 0) is 65.0 Å². The lowest BCUT2D eigenvalue weighted by Gasteiger charge is -2.19. The summed E-state index contributed by atoms with van der Waals surface area (Å²) in [5, 5.41) is 5.57. The van der Waals surface area contributed by atoms with Gasteiger partial charge in [-0.25, -0.2) is 0 Å². The van der Waals surface area contributed by atoms with Crippen molar-refractivity contribution in [2.45, 2.75) is 26.3 Å². The second-order valence-electron chi connectivity index (χ2n) is 4.53. The van der Waals surface area contributed by atoms with Crippen LogP contribution in [0.5, 0.6) is 0 Å². The Morgan fingerprint density at radius 2 is 2.06 bits per heavy atom. The van der Waals surface area contributed by atoms with E-state index in [9.17, 15) is 0 Å². The highest BCUT2D eigenvalue weighted by atomic mass is 79.9. The van der Waals surface area contributed by atoms with Crippen molar-refractivity contribution >= 4 is 27.3 Å². The third kappa shape index (κ3) is 2.85. The fraction of sp³-hybridized carbons (Fsp3) is 0.333. The lowest BCUT2D eigenvalue weighted by molar-refractivity contribution is 0.592. The zero-order valence-electron chi connectivity index (χ0n) is 11.0. The van der Waals surface area contributed by atoms with Gasteiger partial charge in [0.1, 0.15) is 0 Å². The van der Waals surface area contributed by atoms with Gasteiger partial charge in [0, 0.05) is 21.8 Å². The van der Waals surface area contributed by atoms with Gasteiger partial charge in [0.25, 0.3) is 0 Å². The molecule has 0 spiro atoms. The molecule has 1 aromatic heterocycles. The zero-order valence-corrected chi connectivity index (χ0v) is 13.4. The molecule has 1 aromatic carbocycles. The Kier molecular flexibility index (Phi) is 4.60. The van der Waals surface area contributed by atoms with Gasteiger partial charge in [-0.15, -0.1) is 11.3 Å². The van der Waals surface area contributed by atoms with Crippen molar-refractivity contribution in [2.24, 2.45) is 0 Å². The number of likely N-dealkylation sites (N-methyl/N-ethyl adjacent to an activating group) is 1. The first kappa shape index (κ1) is 13.8. The van der Waals surface area contributed by atoms with Crippen molar-refractivity contribution in [3.8, 4) is 0 Å². The second-order valence-corrected chi connectivity index (χ2v) is 6.38. The SMILES string of the molecule is CNC(Cc1sccc1Br)c1cccc(C)c1C. The lowest BCUT2D eigenvalue weighted by Crippen LogP contribution is -2.19. The van der Waals surface area contributed by atoms with E-state index in [1.165, 1.54) is 26.0 Å². The van der Waals surface area contributed by atoms with E-state index in [0.29, 0.717) is 6.04 Å². The molecule has 0 aliphatic carbocycles. The molecule has 0 aliphatic heterocycles. The Balaban J connectivity index is 2.29. The molecule has 1 atom stereocenters. The van der Waals surface area contributed by atoms with Crippen LogP contribution in [-0.4, -0.2) is 7.05 Å². The third-order valence-corrected chi connectivity index (χ3v) is 5.40. The summed E-state index contributed by atoms with van der Waals surface area (Å²) >= 11 is 5.42. The van der Waals surface area contributed by atoms with Gasteiger partial charge in [-0.2, -0.15) is 0 Å². The molecule has 1 unspecified atom stereocenters. The van der Waals surface area contributed by atoms with E-state index >= 15 is 0 Å². The van der Waals surface area contributed by atoms with Crippen LogP contribution < -0.4 is 5.32 Å². The Morgan fingerprint density at radius 1 is 1.28 bits per heavy atom. The molecule has 1 heterocycles. The van der Waals surface area contributed by atoms with Crippen LogP contribution in [0.15, 0.2) is 34.1 Å². The van der Waals surface area contributed by atoms with Crippen LogP contribution in [0, 0.1) is 13.8 Å². The topological polar surface area (TPSA) is 12.0 Å². The Hall–Kier alpha value is -0.640. The van der Waals surface area contributed by atoms with Crippen LogP contribution in [0.1, 0.15) is 27.6 Å². The molecule has 0 saturated heterocycles. The number of thiophene rings is 1. The molecule has 0 radical (unpaired) electrons. The Labute approximate surface area is 121 Å². The molecule has 1 nitrogen and oxygen atoms in total. The number of aryl methyl sites for hydroxylation is 1. The smallest absolute Gasteiger partial charge is 0.0369 e. The number of halogens is 1. The summed E-state index contributed by atoms with van der Waals surface area (Å²) in [6, 6.07) is 9.04. The third-order valence-electron chi connectivity index (χ3n) is 3.45. The molecule has 18 heavy (non-hydrogen) atoms. The van der Waals surface area contributed by atoms with Gasteiger partial charge in [0.15, 0.2) is 0 Å². The minimum absolute atomic E-state index is 0.375. The molecule has 0 bridgehead atoms. The van der Waals surface area contributed by atoms with E-state index in [4.69, 9.17) is 0 Å². The average molecular weight is 324 g/mol. The molecular weight excluding hydrogens is 306 g/mol. The molecule has 0 aliphatic rings. The lowest BCUT2D eigenvalue weighted by atomic mass is 9.95. The van der Waals surface area contributed by atoms with E-state index < -0.39 is 0 Å². The van der Waals surface area contributed by atoms with Gasteiger partial charge in [0.2, 0.25) is 0 Å². The maximum atomic E-state index is 3.61. The standard InChI is InChI=1S/C15H18BrNS/c1-10-5-4-6-12(11(10)2)14(17-3)9-15-13(16)7-8-18-15/h4-8,14,17H,9H2,1-3H3. The fourth-order valence-electron chi connectivity index (χ4n) is 2.17. The summed E-state index contributed by atoms with van der Waals surface area (Å²) in [5.41, 5.74) is 4.15. The Bertz CT molecular complexity index is 533. The van der Waals surface area contributed by atoms with Crippen molar-refractivity contribution in [3.63, 3.8) is 0 Å². The first-order chi connectivity index (χ1) is 8.63. The van der Waals surface area contributed by atoms with E-state index in [0.717, 1.165) is 6.42 Å². The first-order valence-electron chi connectivity index (χ1n) is 6.08. The second kappa shape index (κ2) is 6.00. The summed E-state index contributed by atoms with van der Waals surface area (Å²) < 4.78 is 1.22. The van der Waals surface area contributed by atoms with E-state index in [1.54, 1.807) is 0 Å². The molecule has 2 rings (SSSR count). The highest BCUT2D eigenvalue weighted by Gasteiger charge is 2.15. The van der Waals surface area contributed by atoms with Gasteiger partial charge in [0.05, 0.1) is 0 Å². The van der Waals surface area contributed by atoms with Crippen LogP contribution in [-0.2, 0) is 6.42 Å². The summed E-state index contributed by atoms with van der Waals surface area (Å²) in [4.78, 5) is 1.40. The number of benzene rings is 1. The quantitative estimate of drug-likeness (QED) is 0.864. The number of hydrogen-bond acceptors (Lipinski definition) is 2. The van der Waals surface area contributed by atoms with Crippen LogP contribution in [0.25, 0.3) is 0 Å². The molecule has 0 amide bonds. The van der Waals surface area contributed by atoms with Crippen LogP contribution in [0.4, 0.5) is 0 Å². The van der Waals surface area contributed by atoms with Crippen molar-refractivity contribution in [2.75, 3.05) is 7.05 Å². The van der Waals surface area contributed by atoms with Crippen LogP contribution in [0.2, 0.25) is 0 Å². The Morgan fingerprint density at radius 3 is 2.67 bits per heavy atom. The van der Waals surface area contributed by atoms with Gasteiger partial charge in [-0.3, -0.25) is 0 Å². The maximum Gasteiger partial charge on any atom is 0.0369 e. The van der Waals surface area contributed by atoms with Gasteiger partial charge >= 0.3 is 0 Å². The van der Waals surface area contributed by atoms with Crippen LogP contribution >= 0.6 is 27.3 Å². The monoisotopic (exact) mass is 323 g/mol. The number of rotatable bonds is 4. The predicted octanol–water partition coefficient (Wildman–Crippen LogP) is 4.63. The minimum Gasteiger partial charge on any atom is -0.313 e. The van der Waals surface area contributed by atoms with Crippen molar-refractivity contribution in [1.82, 2.24) is 5.32 Å². The predicted molar refractivity (Wildman–Crippen MR) is 83.4 cm³/mol. The van der Waals surface area contributed by atoms with Crippen molar-refractivity contribution < 1.29 is 0 Å². The van der Waals surface area contributed by atoms with E-state index in [1.807, 2.05) is 18.4 Å². The summed E-state index contributed by atoms with van der Waals surface area (Å²) in [7, 11) is 2.04. The summed E-state index contributed by atoms with van der Waals surface area (Å²) in [6.07, 6.45) is 1.03. The fourth-order valence-corrected chi connectivity index (χ4v) is 3.74. The highest BCUT2D eigenvalue weighted by Crippen LogP contribution is 2.29. The van der Waals surface area contributed by atoms with Crippen molar-refractivity contribution in [3.05, 3.63) is 55.7 Å². The zero-order chi connectivity index (χ0) is 13.1. The average Bonchev–Trinajstić information content (AvgIpc) is 2.76. The summed E-state index contributed by atoms with van der Waals surface area (Å²) in [5.74, 6) is 0. The van der Waals surface area contributed by atoms with E-state index in [2.05, 4.69) is 64.7 Å². The molecule has 2 aromatic rings. The van der Waals surface area contributed by atoms with Gasteiger partial charge < -0.3 is 5.32 Å². The maximum absolute atomic E-state index is 3.61. The normalized spacial score (nSPS) is 12.7. The minimum atomic E-state index is 0.375. The number of nitrogens with one attached hydrogen (secondary N) is 1. The molecule has 0 saturated carbocycles. The largest absolute Gasteiger partial charge is 0.313 e. The molecule has 3 heteroatoms. The van der Waals surface area contributed by atoms with Gasteiger partial charge in [-0.1, -0.05) is 18.2 Å². The molecule has 1 N–H and O–H groups in total. The number of hydrogen-bond donors (Lipinski definition) is 1. The summed E-state index contributed by atoms with van der Waals surface area (Å²) in [6.45, 7) is 4.38. The molecule has 0 fully saturated rings. The van der Waals surface area contributed by atoms with Crippen LogP contribution in [0.3, 0.4) is 0 Å². The van der Waals surface area contributed by atoms with E-state index in [-0.39, 0.29) is 0 Å². The molecular formula is C15H18BrNS. The first-order valence-corrected chi connectivity index (χ1v) is 7.76. The van der Waals surface area contributed by atoms with Crippen molar-refractivity contribution in [1.29, 1.82) is 0 Å². The molecule has 96 valence electrons.